The Labute approximate surface area is 127 Å². The van der Waals surface area contributed by atoms with E-state index in [9.17, 15) is 9.59 Å². The second-order valence-electron chi connectivity index (χ2n) is 4.46. The lowest BCUT2D eigenvalue weighted by molar-refractivity contribution is -0.161. The van der Waals surface area contributed by atoms with Crippen molar-refractivity contribution < 1.29 is 19.1 Å². The fourth-order valence-electron chi connectivity index (χ4n) is 1.89. The summed E-state index contributed by atoms with van der Waals surface area (Å²) in [7, 11) is 4.29. The molecule has 0 saturated carbocycles. The monoisotopic (exact) mass is 343 g/mol. The predicted octanol–water partition coefficient (Wildman–Crippen LogP) is 1.94. The van der Waals surface area contributed by atoms with Crippen molar-refractivity contribution in [3.05, 3.63) is 34.3 Å². The van der Waals surface area contributed by atoms with Gasteiger partial charge in [0, 0.05) is 18.6 Å². The number of amides is 1. The average Bonchev–Trinajstić information content (AvgIpc) is 2.45. The standard InChI is InChI=1S/C14H18BrNO4/c1-14(13(18)20-4,16(2)12(17)9-19-3)10-5-7-11(15)8-6-10/h5-8H,9H2,1-4H3/t14-/m0/s1. The summed E-state index contributed by atoms with van der Waals surface area (Å²) in [5, 5.41) is 0. The zero-order chi connectivity index (χ0) is 15.3. The molecule has 1 aromatic carbocycles. The van der Waals surface area contributed by atoms with Gasteiger partial charge in [-0.25, -0.2) is 4.79 Å². The number of ether oxygens (including phenoxy) is 2. The van der Waals surface area contributed by atoms with Gasteiger partial charge in [-0.1, -0.05) is 28.1 Å². The number of nitrogens with zero attached hydrogens (tertiary/aromatic N) is 1. The van der Waals surface area contributed by atoms with Crippen LogP contribution in [-0.4, -0.2) is 44.7 Å². The molecular weight excluding hydrogens is 326 g/mol. The van der Waals surface area contributed by atoms with Crippen LogP contribution in [0.25, 0.3) is 0 Å². The first-order valence-electron chi connectivity index (χ1n) is 5.98. The van der Waals surface area contributed by atoms with Crippen LogP contribution in [0, 0.1) is 0 Å². The highest BCUT2D eigenvalue weighted by Crippen LogP contribution is 2.30. The van der Waals surface area contributed by atoms with Crippen LogP contribution < -0.4 is 0 Å². The molecule has 6 heteroatoms. The molecule has 0 aliphatic heterocycles. The molecule has 0 bridgehead atoms. The van der Waals surface area contributed by atoms with E-state index in [0.717, 1.165) is 4.47 Å². The summed E-state index contributed by atoms with van der Waals surface area (Å²) in [5.41, 5.74) is -0.537. The summed E-state index contributed by atoms with van der Waals surface area (Å²) in [6, 6.07) is 7.17. The first kappa shape index (κ1) is 16.7. The normalized spacial score (nSPS) is 13.4. The highest BCUT2D eigenvalue weighted by Gasteiger charge is 2.42. The Morgan fingerprint density at radius 1 is 1.25 bits per heavy atom. The van der Waals surface area contributed by atoms with Gasteiger partial charge in [-0.2, -0.15) is 0 Å². The molecule has 5 nitrogen and oxygen atoms in total. The van der Waals surface area contributed by atoms with Gasteiger partial charge < -0.3 is 14.4 Å². The molecule has 0 fully saturated rings. The summed E-state index contributed by atoms with van der Waals surface area (Å²) < 4.78 is 10.6. The van der Waals surface area contributed by atoms with Crippen LogP contribution in [0.2, 0.25) is 0 Å². The Morgan fingerprint density at radius 2 is 1.80 bits per heavy atom. The first-order valence-corrected chi connectivity index (χ1v) is 6.77. The minimum atomic E-state index is -1.20. The highest BCUT2D eigenvalue weighted by molar-refractivity contribution is 9.10. The number of benzene rings is 1. The van der Waals surface area contributed by atoms with Gasteiger partial charge in [0.25, 0.3) is 0 Å². The van der Waals surface area contributed by atoms with Crippen LogP contribution in [0.1, 0.15) is 12.5 Å². The van der Waals surface area contributed by atoms with Crippen molar-refractivity contribution in [1.82, 2.24) is 4.90 Å². The molecule has 1 atom stereocenters. The van der Waals surface area contributed by atoms with Gasteiger partial charge in [-0.15, -0.1) is 0 Å². The highest BCUT2D eigenvalue weighted by atomic mass is 79.9. The SMILES string of the molecule is COCC(=O)N(C)[C@](C)(C(=O)OC)c1ccc(Br)cc1. The maximum Gasteiger partial charge on any atom is 0.336 e. The van der Waals surface area contributed by atoms with Gasteiger partial charge in [0.15, 0.2) is 5.54 Å². The van der Waals surface area contributed by atoms with Gasteiger partial charge in [-0.05, 0) is 24.6 Å². The van der Waals surface area contributed by atoms with E-state index in [0.29, 0.717) is 5.56 Å². The maximum atomic E-state index is 12.2. The lowest BCUT2D eigenvalue weighted by atomic mass is 9.90. The summed E-state index contributed by atoms with van der Waals surface area (Å²) in [4.78, 5) is 25.6. The second-order valence-corrected chi connectivity index (χ2v) is 5.37. The number of hydrogen-bond donors (Lipinski definition) is 0. The van der Waals surface area contributed by atoms with E-state index in [1.807, 2.05) is 12.1 Å². The van der Waals surface area contributed by atoms with Crippen molar-refractivity contribution >= 4 is 27.8 Å². The zero-order valence-electron chi connectivity index (χ0n) is 12.0. The fourth-order valence-corrected chi connectivity index (χ4v) is 2.16. The number of halogens is 1. The van der Waals surface area contributed by atoms with Gasteiger partial charge in [0.1, 0.15) is 6.61 Å². The van der Waals surface area contributed by atoms with Gasteiger partial charge in [0.05, 0.1) is 7.11 Å². The minimum Gasteiger partial charge on any atom is -0.467 e. The first-order chi connectivity index (χ1) is 9.37. The molecule has 1 amide bonds. The molecule has 1 aromatic rings. The third-order valence-corrected chi connectivity index (χ3v) is 3.83. The fraction of sp³-hybridized carbons (Fsp3) is 0.429. The van der Waals surface area contributed by atoms with Gasteiger partial charge >= 0.3 is 5.97 Å². The second kappa shape index (κ2) is 6.85. The Morgan fingerprint density at radius 3 is 2.25 bits per heavy atom. The molecule has 20 heavy (non-hydrogen) atoms. The molecular formula is C14H18BrNO4. The van der Waals surface area contributed by atoms with Crippen molar-refractivity contribution in [3.8, 4) is 0 Å². The van der Waals surface area contributed by atoms with Crippen molar-refractivity contribution in [2.45, 2.75) is 12.5 Å². The molecule has 1 rings (SSSR count). The maximum absolute atomic E-state index is 12.2. The van der Waals surface area contributed by atoms with E-state index in [2.05, 4.69) is 15.9 Å². The lowest BCUT2D eigenvalue weighted by Crippen LogP contribution is -2.52. The van der Waals surface area contributed by atoms with Crippen molar-refractivity contribution in [1.29, 1.82) is 0 Å². The molecule has 0 spiro atoms. The molecule has 0 unspecified atom stereocenters. The van der Waals surface area contributed by atoms with Crippen LogP contribution in [0.15, 0.2) is 28.7 Å². The van der Waals surface area contributed by atoms with Gasteiger partial charge in [-0.3, -0.25) is 4.79 Å². The summed E-state index contributed by atoms with van der Waals surface area (Å²) in [6.07, 6.45) is 0. The zero-order valence-corrected chi connectivity index (χ0v) is 13.6. The number of hydrogen-bond acceptors (Lipinski definition) is 4. The summed E-state index contributed by atoms with van der Waals surface area (Å²) in [5.74, 6) is -0.810. The van der Waals surface area contributed by atoms with Crippen molar-refractivity contribution in [2.75, 3.05) is 27.9 Å². The van der Waals surface area contributed by atoms with Crippen LogP contribution in [-0.2, 0) is 24.6 Å². The van der Waals surface area contributed by atoms with E-state index in [4.69, 9.17) is 9.47 Å². The Kier molecular flexibility index (Phi) is 5.71. The number of likely N-dealkylation sites (N-methyl/N-ethyl adjacent to an activating group) is 1. The van der Waals surface area contributed by atoms with Crippen molar-refractivity contribution in [3.63, 3.8) is 0 Å². The quantitative estimate of drug-likeness (QED) is 0.766. The average molecular weight is 344 g/mol. The molecule has 0 N–H and O–H groups in total. The third-order valence-electron chi connectivity index (χ3n) is 3.30. The number of esters is 1. The Hall–Kier alpha value is -1.40. The predicted molar refractivity (Wildman–Crippen MR) is 78.2 cm³/mol. The number of carbonyl (C=O) groups is 2. The van der Waals surface area contributed by atoms with Crippen LogP contribution in [0.4, 0.5) is 0 Å². The van der Waals surface area contributed by atoms with E-state index < -0.39 is 11.5 Å². The Balaban J connectivity index is 3.25. The number of methoxy groups -OCH3 is 2. The number of carbonyl (C=O) groups excluding carboxylic acids is 2. The van der Waals surface area contributed by atoms with Crippen LogP contribution >= 0.6 is 15.9 Å². The lowest BCUT2D eigenvalue weighted by Gasteiger charge is -2.36. The topological polar surface area (TPSA) is 55.8 Å². The molecule has 0 heterocycles. The van der Waals surface area contributed by atoms with E-state index >= 15 is 0 Å². The molecule has 0 radical (unpaired) electrons. The van der Waals surface area contributed by atoms with Crippen molar-refractivity contribution in [2.24, 2.45) is 0 Å². The minimum absolute atomic E-state index is 0.0976. The van der Waals surface area contributed by atoms with Gasteiger partial charge in [0.2, 0.25) is 5.91 Å². The molecule has 0 aromatic heterocycles. The van der Waals surface area contributed by atoms with E-state index in [1.54, 1.807) is 26.1 Å². The summed E-state index contributed by atoms with van der Waals surface area (Å²) in [6.45, 7) is 1.55. The van der Waals surface area contributed by atoms with Crippen LogP contribution in [0.5, 0.6) is 0 Å². The molecule has 0 aliphatic rings. The molecule has 0 aliphatic carbocycles. The molecule has 0 saturated heterocycles. The van der Waals surface area contributed by atoms with E-state index in [-0.39, 0.29) is 12.5 Å². The number of rotatable bonds is 5. The third kappa shape index (κ3) is 3.19. The smallest absolute Gasteiger partial charge is 0.336 e. The Bertz CT molecular complexity index is 488. The summed E-state index contributed by atoms with van der Waals surface area (Å²) >= 11 is 3.34. The van der Waals surface area contributed by atoms with Crippen LogP contribution in [0.3, 0.4) is 0 Å². The molecule has 110 valence electrons. The largest absolute Gasteiger partial charge is 0.467 e. The van der Waals surface area contributed by atoms with E-state index in [1.165, 1.54) is 19.1 Å².